The number of hydrogen-bond donors (Lipinski definition) is 1. The van der Waals surface area contributed by atoms with E-state index < -0.39 is 28.5 Å². The maximum atomic E-state index is 14.6. The van der Waals surface area contributed by atoms with Crippen LogP contribution in [-0.2, 0) is 32.6 Å². The maximum Gasteiger partial charge on any atom is 0.264 e. The molecular formula is C36H37BrClN3O4S. The summed E-state index contributed by atoms with van der Waals surface area (Å²) in [4.78, 5) is 30.2. The minimum Gasteiger partial charge on any atom is -0.352 e. The Morgan fingerprint density at radius 1 is 0.891 bits per heavy atom. The predicted octanol–water partition coefficient (Wildman–Crippen LogP) is 7.31. The van der Waals surface area contributed by atoms with Crippen molar-refractivity contribution >= 4 is 55.1 Å². The molecule has 1 aliphatic carbocycles. The van der Waals surface area contributed by atoms with E-state index in [1.165, 1.54) is 29.2 Å². The molecule has 0 radical (unpaired) electrons. The number of rotatable bonds is 12. The Labute approximate surface area is 284 Å². The summed E-state index contributed by atoms with van der Waals surface area (Å²) in [5.41, 5.74) is 2.89. The number of nitrogens with zero attached hydrogens (tertiary/aromatic N) is 2. The van der Waals surface area contributed by atoms with E-state index in [0.717, 1.165) is 51.2 Å². The van der Waals surface area contributed by atoms with Crippen LogP contribution in [0.25, 0.3) is 0 Å². The van der Waals surface area contributed by atoms with E-state index in [2.05, 4.69) is 21.2 Å². The second-order valence-corrected chi connectivity index (χ2v) is 14.9. The number of anilines is 1. The molecule has 1 N–H and O–H groups in total. The first-order chi connectivity index (χ1) is 22.1. The van der Waals surface area contributed by atoms with Crippen LogP contribution in [0.3, 0.4) is 0 Å². The van der Waals surface area contributed by atoms with Gasteiger partial charge in [-0.2, -0.15) is 0 Å². The van der Waals surface area contributed by atoms with Gasteiger partial charge in [-0.1, -0.05) is 95.0 Å². The fraction of sp³-hybridized carbons (Fsp3) is 0.278. The molecule has 1 saturated carbocycles. The first kappa shape index (κ1) is 33.7. The van der Waals surface area contributed by atoms with Crippen molar-refractivity contribution < 1.29 is 18.0 Å². The molecule has 46 heavy (non-hydrogen) atoms. The lowest BCUT2D eigenvalue weighted by Gasteiger charge is -2.34. The molecule has 1 unspecified atom stereocenters. The highest BCUT2D eigenvalue weighted by atomic mass is 79.9. The summed E-state index contributed by atoms with van der Waals surface area (Å²) in [5.74, 6) is -0.742. The lowest BCUT2D eigenvalue weighted by Crippen LogP contribution is -2.54. The normalized spacial score (nSPS) is 14.1. The monoisotopic (exact) mass is 721 g/mol. The van der Waals surface area contributed by atoms with Crippen LogP contribution in [0.2, 0.25) is 5.02 Å². The summed E-state index contributed by atoms with van der Waals surface area (Å²) in [7, 11) is -4.20. The van der Waals surface area contributed by atoms with Gasteiger partial charge in [0.05, 0.1) is 10.6 Å². The molecule has 1 aliphatic rings. The van der Waals surface area contributed by atoms with E-state index in [4.69, 9.17) is 11.6 Å². The molecule has 4 aromatic rings. The summed E-state index contributed by atoms with van der Waals surface area (Å²) >= 11 is 9.55. The van der Waals surface area contributed by atoms with Crippen LogP contribution < -0.4 is 9.62 Å². The van der Waals surface area contributed by atoms with Crippen LogP contribution in [0, 0.1) is 6.92 Å². The van der Waals surface area contributed by atoms with Gasteiger partial charge in [0.1, 0.15) is 12.6 Å². The topological polar surface area (TPSA) is 86.8 Å². The van der Waals surface area contributed by atoms with Crippen LogP contribution >= 0.6 is 27.5 Å². The van der Waals surface area contributed by atoms with Gasteiger partial charge in [-0.05, 0) is 85.0 Å². The van der Waals surface area contributed by atoms with Gasteiger partial charge in [0.25, 0.3) is 10.0 Å². The molecule has 4 aromatic carbocycles. The second kappa shape index (κ2) is 15.3. The molecule has 0 bridgehead atoms. The van der Waals surface area contributed by atoms with Crippen LogP contribution in [0.5, 0.6) is 0 Å². The van der Waals surface area contributed by atoms with Gasteiger partial charge < -0.3 is 10.2 Å². The minimum absolute atomic E-state index is 0.00507. The van der Waals surface area contributed by atoms with E-state index in [-0.39, 0.29) is 29.8 Å². The second-order valence-electron chi connectivity index (χ2n) is 11.6. The van der Waals surface area contributed by atoms with Crippen LogP contribution in [0.1, 0.15) is 42.4 Å². The van der Waals surface area contributed by atoms with Gasteiger partial charge in [-0.15, -0.1) is 0 Å². The maximum absolute atomic E-state index is 14.6. The molecule has 1 atom stereocenters. The molecular weight excluding hydrogens is 686 g/mol. The quantitative estimate of drug-likeness (QED) is 0.166. The summed E-state index contributed by atoms with van der Waals surface area (Å²) in [5, 5.41) is 3.60. The van der Waals surface area contributed by atoms with E-state index in [9.17, 15) is 18.0 Å². The zero-order valence-electron chi connectivity index (χ0n) is 25.6. The van der Waals surface area contributed by atoms with E-state index in [1.54, 1.807) is 18.2 Å². The highest BCUT2D eigenvalue weighted by Gasteiger charge is 2.35. The number of aryl methyl sites for hydroxylation is 1. The first-order valence-electron chi connectivity index (χ1n) is 15.3. The fourth-order valence-corrected chi connectivity index (χ4v) is 7.55. The van der Waals surface area contributed by atoms with Crippen molar-refractivity contribution in [3.05, 3.63) is 129 Å². The molecule has 0 aromatic heterocycles. The van der Waals surface area contributed by atoms with Gasteiger partial charge in [-0.3, -0.25) is 13.9 Å². The fourth-order valence-electron chi connectivity index (χ4n) is 5.75. The van der Waals surface area contributed by atoms with Crippen LogP contribution in [0.15, 0.2) is 112 Å². The Morgan fingerprint density at radius 3 is 2.22 bits per heavy atom. The Hall–Kier alpha value is -3.66. The highest BCUT2D eigenvalue weighted by Crippen LogP contribution is 2.27. The van der Waals surface area contributed by atoms with Crippen molar-refractivity contribution in [2.24, 2.45) is 0 Å². The third-order valence-electron chi connectivity index (χ3n) is 8.21. The SMILES string of the molecule is Cc1cccc(N(CC(=O)N(Cc2ccc(Br)cc2)C(Cc2ccccc2)C(=O)NC2CCCC2)S(=O)(=O)c2ccc(Cl)cc2)c1. The van der Waals surface area contributed by atoms with Gasteiger partial charge >= 0.3 is 0 Å². The predicted molar refractivity (Wildman–Crippen MR) is 186 cm³/mol. The Balaban J connectivity index is 1.56. The van der Waals surface area contributed by atoms with Crippen molar-refractivity contribution in [2.45, 2.75) is 62.6 Å². The number of amides is 2. The number of carbonyl (C=O) groups excluding carboxylic acids is 2. The van der Waals surface area contributed by atoms with Crippen LogP contribution in [0.4, 0.5) is 5.69 Å². The number of carbonyl (C=O) groups is 2. The smallest absolute Gasteiger partial charge is 0.264 e. The summed E-state index contributed by atoms with van der Waals surface area (Å²) in [6.07, 6.45) is 4.15. The molecule has 0 aliphatic heterocycles. The third-order valence-corrected chi connectivity index (χ3v) is 10.8. The number of nitrogens with one attached hydrogen (secondary N) is 1. The summed E-state index contributed by atoms with van der Waals surface area (Å²) < 4.78 is 30.3. The molecule has 5 rings (SSSR count). The van der Waals surface area contributed by atoms with E-state index in [0.29, 0.717) is 10.7 Å². The lowest BCUT2D eigenvalue weighted by atomic mass is 10.0. The zero-order valence-corrected chi connectivity index (χ0v) is 28.8. The number of sulfonamides is 1. The molecule has 2 amide bonds. The van der Waals surface area contributed by atoms with Gasteiger partial charge in [0.15, 0.2) is 0 Å². The molecule has 0 saturated heterocycles. The molecule has 240 valence electrons. The number of halogens is 2. The highest BCUT2D eigenvalue weighted by molar-refractivity contribution is 9.10. The van der Waals surface area contributed by atoms with Gasteiger partial charge in [-0.25, -0.2) is 8.42 Å². The minimum atomic E-state index is -4.20. The van der Waals surface area contributed by atoms with Gasteiger partial charge in [0.2, 0.25) is 11.8 Å². The van der Waals surface area contributed by atoms with E-state index >= 15 is 0 Å². The Kier molecular flexibility index (Phi) is 11.2. The molecule has 1 fully saturated rings. The number of hydrogen-bond acceptors (Lipinski definition) is 4. The average Bonchev–Trinajstić information content (AvgIpc) is 3.56. The van der Waals surface area contributed by atoms with Gasteiger partial charge in [0, 0.05) is 28.5 Å². The zero-order chi connectivity index (χ0) is 32.7. The summed E-state index contributed by atoms with van der Waals surface area (Å²) in [6.45, 7) is 1.47. The number of benzene rings is 4. The summed E-state index contributed by atoms with van der Waals surface area (Å²) in [6, 6.07) is 29.2. The Bertz CT molecular complexity index is 1750. The van der Waals surface area contributed by atoms with Crippen molar-refractivity contribution in [3.8, 4) is 0 Å². The first-order valence-corrected chi connectivity index (χ1v) is 17.9. The standard InChI is InChI=1S/C36H37BrClN3O4S/c1-26-8-7-13-32(22-26)41(46(44,45)33-20-18-30(38)19-21-33)25-35(42)40(24-28-14-16-29(37)17-15-28)34(23-27-9-3-2-4-10-27)36(43)39-31-11-5-6-12-31/h2-4,7-10,13-22,31,34H,5-6,11-12,23-25H2,1H3,(H,39,43). The molecule has 0 heterocycles. The van der Waals surface area contributed by atoms with Crippen LogP contribution in [-0.4, -0.2) is 43.8 Å². The Morgan fingerprint density at radius 2 is 1.57 bits per heavy atom. The molecule has 10 heteroatoms. The lowest BCUT2D eigenvalue weighted by molar-refractivity contribution is -0.140. The van der Waals surface area contributed by atoms with E-state index in [1.807, 2.05) is 67.6 Å². The van der Waals surface area contributed by atoms with Crippen molar-refractivity contribution in [1.29, 1.82) is 0 Å². The largest absolute Gasteiger partial charge is 0.352 e. The average molecular weight is 723 g/mol. The van der Waals surface area contributed by atoms with Crippen molar-refractivity contribution in [1.82, 2.24) is 10.2 Å². The van der Waals surface area contributed by atoms with Crippen molar-refractivity contribution in [2.75, 3.05) is 10.8 Å². The third kappa shape index (κ3) is 8.57. The van der Waals surface area contributed by atoms with Crippen molar-refractivity contribution in [3.63, 3.8) is 0 Å². The molecule has 0 spiro atoms. The molecule has 7 nitrogen and oxygen atoms in total.